The maximum absolute atomic E-state index is 4.39. The van der Waals surface area contributed by atoms with Crippen molar-refractivity contribution in [2.24, 2.45) is 0 Å². The fourth-order valence-corrected chi connectivity index (χ4v) is 2.13. The first kappa shape index (κ1) is 14.8. The average Bonchev–Trinajstić information content (AvgIpc) is 2.93. The van der Waals surface area contributed by atoms with Crippen molar-refractivity contribution in [2.45, 2.75) is 52.6 Å². The van der Waals surface area contributed by atoms with Gasteiger partial charge in [-0.2, -0.15) is 5.10 Å². The zero-order chi connectivity index (χ0) is 14.5. The molecule has 1 aromatic heterocycles. The maximum Gasteiger partial charge on any atom is 0.0924 e. The quantitative estimate of drug-likeness (QED) is 0.831. The Balaban J connectivity index is 2.08. The van der Waals surface area contributed by atoms with E-state index in [4.69, 9.17) is 0 Å². The number of hydrogen-bond acceptors (Lipinski definition) is 2. The summed E-state index contributed by atoms with van der Waals surface area (Å²) in [5.41, 5.74) is 4.71. The van der Waals surface area contributed by atoms with Gasteiger partial charge in [-0.25, -0.2) is 0 Å². The first-order valence-corrected chi connectivity index (χ1v) is 7.48. The van der Waals surface area contributed by atoms with Crippen LogP contribution in [-0.4, -0.2) is 16.2 Å². The predicted octanol–water partition coefficient (Wildman–Crippen LogP) is 4.09. The molecular formula is C17H25N3. The third-order valence-corrected chi connectivity index (χ3v) is 3.72. The Kier molecular flexibility index (Phi) is 4.96. The molecule has 0 aliphatic carbocycles. The lowest BCUT2D eigenvalue weighted by atomic mass is 9.97. The van der Waals surface area contributed by atoms with Crippen LogP contribution in [0.5, 0.6) is 0 Å². The SMILES string of the molecule is CCC(C)c1ccc(-c2cc(CNC(C)C)[nH]n2)cc1. The molecule has 1 atom stereocenters. The van der Waals surface area contributed by atoms with Gasteiger partial charge in [0.25, 0.3) is 0 Å². The van der Waals surface area contributed by atoms with Crippen molar-refractivity contribution in [1.82, 2.24) is 15.5 Å². The van der Waals surface area contributed by atoms with Gasteiger partial charge in [0.05, 0.1) is 5.69 Å². The van der Waals surface area contributed by atoms with E-state index < -0.39 is 0 Å². The molecule has 0 fully saturated rings. The third-order valence-electron chi connectivity index (χ3n) is 3.72. The Bertz CT molecular complexity index is 525. The average molecular weight is 271 g/mol. The molecule has 0 amide bonds. The summed E-state index contributed by atoms with van der Waals surface area (Å²) < 4.78 is 0. The first-order valence-electron chi connectivity index (χ1n) is 7.48. The largest absolute Gasteiger partial charge is 0.309 e. The van der Waals surface area contributed by atoms with Crippen LogP contribution in [-0.2, 0) is 6.54 Å². The highest BCUT2D eigenvalue weighted by atomic mass is 15.1. The Morgan fingerprint density at radius 1 is 1.15 bits per heavy atom. The minimum Gasteiger partial charge on any atom is -0.309 e. The number of aromatic amines is 1. The zero-order valence-electron chi connectivity index (χ0n) is 12.9. The van der Waals surface area contributed by atoms with E-state index >= 15 is 0 Å². The Morgan fingerprint density at radius 3 is 2.45 bits per heavy atom. The summed E-state index contributed by atoms with van der Waals surface area (Å²) >= 11 is 0. The molecule has 3 nitrogen and oxygen atoms in total. The summed E-state index contributed by atoms with van der Waals surface area (Å²) in [7, 11) is 0. The molecule has 3 heteroatoms. The lowest BCUT2D eigenvalue weighted by Crippen LogP contribution is -2.21. The highest BCUT2D eigenvalue weighted by Gasteiger charge is 2.06. The van der Waals surface area contributed by atoms with E-state index in [9.17, 15) is 0 Å². The minimum absolute atomic E-state index is 0.483. The van der Waals surface area contributed by atoms with E-state index in [-0.39, 0.29) is 0 Å². The van der Waals surface area contributed by atoms with Crippen molar-refractivity contribution in [1.29, 1.82) is 0 Å². The van der Waals surface area contributed by atoms with Crippen LogP contribution in [0, 0.1) is 0 Å². The zero-order valence-corrected chi connectivity index (χ0v) is 12.9. The first-order chi connectivity index (χ1) is 9.60. The third kappa shape index (κ3) is 3.70. The van der Waals surface area contributed by atoms with Crippen molar-refractivity contribution in [3.05, 3.63) is 41.6 Å². The number of hydrogen-bond donors (Lipinski definition) is 2. The summed E-state index contributed by atoms with van der Waals surface area (Å²) in [5.74, 6) is 0.619. The Labute approximate surface area is 121 Å². The highest BCUT2D eigenvalue weighted by molar-refractivity contribution is 5.59. The highest BCUT2D eigenvalue weighted by Crippen LogP contribution is 2.23. The molecule has 1 unspecified atom stereocenters. The number of nitrogens with zero attached hydrogens (tertiary/aromatic N) is 1. The molecule has 0 radical (unpaired) electrons. The van der Waals surface area contributed by atoms with Gasteiger partial charge in [0, 0.05) is 23.8 Å². The number of aromatic nitrogens is 2. The normalized spacial score (nSPS) is 12.8. The van der Waals surface area contributed by atoms with Crippen molar-refractivity contribution in [3.8, 4) is 11.3 Å². The summed E-state index contributed by atoms with van der Waals surface area (Å²) in [6, 6.07) is 11.4. The minimum atomic E-state index is 0.483. The molecular weight excluding hydrogens is 246 g/mol. The van der Waals surface area contributed by atoms with Crippen LogP contribution < -0.4 is 5.32 Å². The monoisotopic (exact) mass is 271 g/mol. The number of benzene rings is 1. The van der Waals surface area contributed by atoms with Gasteiger partial charge in [-0.15, -0.1) is 0 Å². The van der Waals surface area contributed by atoms with Gasteiger partial charge in [0.2, 0.25) is 0 Å². The van der Waals surface area contributed by atoms with Crippen molar-refractivity contribution >= 4 is 0 Å². The van der Waals surface area contributed by atoms with Gasteiger partial charge in [-0.3, -0.25) is 5.10 Å². The van der Waals surface area contributed by atoms with Gasteiger partial charge in [-0.05, 0) is 24.0 Å². The van der Waals surface area contributed by atoms with Crippen LogP contribution >= 0.6 is 0 Å². The molecule has 108 valence electrons. The number of rotatable bonds is 6. The summed E-state index contributed by atoms with van der Waals surface area (Å²) in [5, 5.41) is 10.9. The van der Waals surface area contributed by atoms with Crippen molar-refractivity contribution < 1.29 is 0 Å². The second-order valence-electron chi connectivity index (χ2n) is 5.75. The second-order valence-corrected chi connectivity index (χ2v) is 5.75. The van der Waals surface area contributed by atoms with E-state index in [2.05, 4.69) is 73.5 Å². The maximum atomic E-state index is 4.39. The van der Waals surface area contributed by atoms with Gasteiger partial charge < -0.3 is 5.32 Å². The fourth-order valence-electron chi connectivity index (χ4n) is 2.13. The molecule has 0 aliphatic heterocycles. The van der Waals surface area contributed by atoms with E-state index in [1.807, 2.05) is 0 Å². The molecule has 0 saturated heterocycles. The van der Waals surface area contributed by atoms with Gasteiger partial charge in [-0.1, -0.05) is 52.0 Å². The van der Waals surface area contributed by atoms with Crippen LogP contribution in [0.4, 0.5) is 0 Å². The van der Waals surface area contributed by atoms with E-state index in [1.165, 1.54) is 17.5 Å². The molecule has 2 aromatic rings. The van der Waals surface area contributed by atoms with Gasteiger partial charge in [0.1, 0.15) is 0 Å². The van der Waals surface area contributed by atoms with Gasteiger partial charge in [0.15, 0.2) is 0 Å². The van der Waals surface area contributed by atoms with E-state index in [0.717, 1.165) is 17.9 Å². The number of nitrogens with one attached hydrogen (secondary N) is 2. The van der Waals surface area contributed by atoms with Crippen molar-refractivity contribution in [3.63, 3.8) is 0 Å². The van der Waals surface area contributed by atoms with E-state index in [0.29, 0.717) is 12.0 Å². The Hall–Kier alpha value is -1.61. The summed E-state index contributed by atoms with van der Waals surface area (Å²) in [6.07, 6.45) is 1.17. The molecule has 2 N–H and O–H groups in total. The van der Waals surface area contributed by atoms with Crippen LogP contribution in [0.3, 0.4) is 0 Å². The van der Waals surface area contributed by atoms with Crippen molar-refractivity contribution in [2.75, 3.05) is 0 Å². The molecule has 1 aromatic carbocycles. The molecule has 20 heavy (non-hydrogen) atoms. The molecule has 2 rings (SSSR count). The Morgan fingerprint density at radius 2 is 1.85 bits per heavy atom. The summed E-state index contributed by atoms with van der Waals surface area (Å²) in [4.78, 5) is 0. The lowest BCUT2D eigenvalue weighted by molar-refractivity contribution is 0.580. The summed E-state index contributed by atoms with van der Waals surface area (Å²) in [6.45, 7) is 9.60. The number of H-pyrrole nitrogens is 1. The predicted molar refractivity (Wildman–Crippen MR) is 84.7 cm³/mol. The standard InChI is InChI=1S/C17H25N3/c1-5-13(4)14-6-8-15(9-7-14)17-10-16(19-20-17)11-18-12(2)3/h6-10,12-13,18H,5,11H2,1-4H3,(H,19,20). The lowest BCUT2D eigenvalue weighted by Gasteiger charge is -2.08. The molecule has 0 aliphatic rings. The molecule has 0 saturated carbocycles. The molecule has 1 heterocycles. The molecule has 0 bridgehead atoms. The topological polar surface area (TPSA) is 40.7 Å². The second kappa shape index (κ2) is 6.71. The van der Waals surface area contributed by atoms with E-state index in [1.54, 1.807) is 0 Å². The smallest absolute Gasteiger partial charge is 0.0924 e. The van der Waals surface area contributed by atoms with Gasteiger partial charge >= 0.3 is 0 Å². The molecule has 0 spiro atoms. The van der Waals surface area contributed by atoms with Crippen LogP contribution in [0.15, 0.2) is 30.3 Å². The fraction of sp³-hybridized carbons (Fsp3) is 0.471. The van der Waals surface area contributed by atoms with Crippen LogP contribution in [0.1, 0.15) is 51.3 Å². The van der Waals surface area contributed by atoms with Crippen LogP contribution in [0.2, 0.25) is 0 Å². The van der Waals surface area contributed by atoms with Crippen LogP contribution in [0.25, 0.3) is 11.3 Å².